The lowest BCUT2D eigenvalue weighted by atomic mass is 10.1. The van der Waals surface area contributed by atoms with Gasteiger partial charge in [0.1, 0.15) is 30.1 Å². The smallest absolute Gasteiger partial charge is 0.219 e. The fourth-order valence-electron chi connectivity index (χ4n) is 2.80. The maximum atomic E-state index is 11.7. The highest BCUT2D eigenvalue weighted by molar-refractivity contribution is 5.81. The molecule has 10 nitrogen and oxygen atoms in total. The number of fused-ring (bicyclic) bond motifs is 1. The predicted molar refractivity (Wildman–Crippen MR) is 79.0 cm³/mol. The number of carbonyl (C=O) groups is 1. The summed E-state index contributed by atoms with van der Waals surface area (Å²) in [6.07, 6.45) is 0.150. The molecule has 0 radical (unpaired) electrons. The van der Waals surface area contributed by atoms with Crippen molar-refractivity contribution >= 4 is 22.9 Å². The third kappa shape index (κ3) is 2.40. The maximum Gasteiger partial charge on any atom is 0.219 e. The minimum atomic E-state index is -1.05. The third-order valence-electron chi connectivity index (χ3n) is 4.12. The monoisotopic (exact) mass is 322 g/mol. The van der Waals surface area contributed by atoms with Crippen LogP contribution in [0.15, 0.2) is 12.7 Å². The van der Waals surface area contributed by atoms with Crippen LogP contribution in [0.25, 0.3) is 11.2 Å². The topological polar surface area (TPSA) is 140 Å². The Morgan fingerprint density at radius 2 is 2.22 bits per heavy atom. The van der Waals surface area contributed by atoms with Crippen LogP contribution in [0.1, 0.15) is 13.2 Å². The largest absolute Gasteiger partial charge is 0.394 e. The highest BCUT2D eigenvalue weighted by Gasteiger charge is 2.47. The number of nitrogens with two attached hydrogens (primary N) is 1. The van der Waals surface area contributed by atoms with E-state index >= 15 is 0 Å². The average Bonchev–Trinajstić information content (AvgIpc) is 3.08. The minimum absolute atomic E-state index is 0.225. The first-order chi connectivity index (χ1) is 11.0. The van der Waals surface area contributed by atoms with E-state index in [9.17, 15) is 15.0 Å². The molecule has 0 saturated carbocycles. The first kappa shape index (κ1) is 15.6. The Bertz CT molecular complexity index is 734. The number of nitrogen functional groups attached to an aromatic ring is 1. The van der Waals surface area contributed by atoms with Gasteiger partial charge in [-0.05, 0) is 0 Å². The molecule has 1 aliphatic rings. The van der Waals surface area contributed by atoms with Gasteiger partial charge in [-0.25, -0.2) is 15.0 Å². The summed E-state index contributed by atoms with van der Waals surface area (Å²) in [6.45, 7) is 1.02. The number of amides is 1. The zero-order chi connectivity index (χ0) is 16.7. The van der Waals surface area contributed by atoms with Crippen LogP contribution >= 0.6 is 0 Å². The van der Waals surface area contributed by atoms with Gasteiger partial charge in [-0.3, -0.25) is 9.36 Å². The Kier molecular flexibility index (Phi) is 3.88. The first-order valence-corrected chi connectivity index (χ1v) is 7.06. The number of imidazole rings is 1. The Hall–Kier alpha value is -2.30. The highest BCUT2D eigenvalue weighted by atomic mass is 16.5. The number of rotatable bonds is 3. The normalized spacial score (nSPS) is 27.5. The maximum absolute atomic E-state index is 11.7. The molecule has 2 aromatic heterocycles. The number of aromatic nitrogens is 4. The summed E-state index contributed by atoms with van der Waals surface area (Å²) < 4.78 is 7.31. The fourth-order valence-corrected chi connectivity index (χ4v) is 2.80. The Morgan fingerprint density at radius 3 is 2.87 bits per heavy atom. The molecule has 1 saturated heterocycles. The van der Waals surface area contributed by atoms with Crippen molar-refractivity contribution < 1.29 is 19.7 Å². The van der Waals surface area contributed by atoms with Crippen LogP contribution in [0, 0.1) is 0 Å². The standard InChI is InChI=1S/C13H18N6O4/c1-6(21)18(2)9-10(22)7(3-20)23-13(9)19-5-17-8-11(14)15-4-16-12(8)19/h4-5,7,9-10,13,20,22H,3H2,1-2H3,(H2,14,15,16)/t7?,9?,10?,13-/m1/s1. The molecule has 3 rings (SSSR count). The molecule has 10 heteroatoms. The van der Waals surface area contributed by atoms with Gasteiger partial charge in [-0.2, -0.15) is 0 Å². The number of aliphatic hydroxyl groups excluding tert-OH is 2. The van der Waals surface area contributed by atoms with E-state index in [1.807, 2.05) is 0 Å². The molecule has 1 amide bonds. The van der Waals surface area contributed by atoms with Gasteiger partial charge < -0.3 is 25.6 Å². The number of hydrogen-bond donors (Lipinski definition) is 3. The first-order valence-electron chi connectivity index (χ1n) is 7.06. The molecule has 23 heavy (non-hydrogen) atoms. The summed E-state index contributed by atoms with van der Waals surface area (Å²) in [6, 6.07) is -0.696. The summed E-state index contributed by atoms with van der Waals surface area (Å²) in [7, 11) is 1.56. The van der Waals surface area contributed by atoms with Crippen molar-refractivity contribution in [3.63, 3.8) is 0 Å². The lowest BCUT2D eigenvalue weighted by molar-refractivity contribution is -0.133. The fraction of sp³-hybridized carbons (Fsp3) is 0.538. The van der Waals surface area contributed by atoms with E-state index in [-0.39, 0.29) is 18.3 Å². The molecule has 4 atom stereocenters. The molecule has 1 aliphatic heterocycles. The molecule has 0 bridgehead atoms. The van der Waals surface area contributed by atoms with Crippen molar-refractivity contribution in [1.82, 2.24) is 24.4 Å². The van der Waals surface area contributed by atoms with Gasteiger partial charge in [0.05, 0.1) is 12.9 Å². The summed E-state index contributed by atoms with van der Waals surface area (Å²) in [5, 5.41) is 19.8. The molecule has 0 spiro atoms. The lowest BCUT2D eigenvalue weighted by Crippen LogP contribution is -2.47. The van der Waals surface area contributed by atoms with Crippen LogP contribution in [0.4, 0.5) is 5.82 Å². The van der Waals surface area contributed by atoms with E-state index in [0.717, 1.165) is 0 Å². The second kappa shape index (κ2) is 5.72. The van der Waals surface area contributed by atoms with Gasteiger partial charge in [0.15, 0.2) is 17.7 Å². The van der Waals surface area contributed by atoms with E-state index in [0.29, 0.717) is 11.2 Å². The number of likely N-dealkylation sites (N-methyl/N-ethyl adjacent to an activating group) is 1. The van der Waals surface area contributed by atoms with Crippen molar-refractivity contribution in [2.75, 3.05) is 19.4 Å². The molecule has 0 aromatic carbocycles. The average molecular weight is 322 g/mol. The number of ether oxygens (including phenoxy) is 1. The Labute approximate surface area is 131 Å². The van der Waals surface area contributed by atoms with Gasteiger partial charge in [-0.1, -0.05) is 0 Å². The van der Waals surface area contributed by atoms with Crippen molar-refractivity contribution in [3.8, 4) is 0 Å². The van der Waals surface area contributed by atoms with Crippen LogP contribution < -0.4 is 5.73 Å². The van der Waals surface area contributed by atoms with Crippen molar-refractivity contribution in [1.29, 1.82) is 0 Å². The van der Waals surface area contributed by atoms with E-state index in [1.165, 1.54) is 24.5 Å². The zero-order valence-corrected chi connectivity index (χ0v) is 12.7. The Morgan fingerprint density at radius 1 is 1.48 bits per heavy atom. The molecule has 124 valence electrons. The Balaban J connectivity index is 2.07. The van der Waals surface area contributed by atoms with Crippen molar-refractivity contribution in [2.24, 2.45) is 0 Å². The second-order valence-electron chi connectivity index (χ2n) is 5.44. The SMILES string of the molecule is CC(=O)N(C)C1C(O)C(CO)O[C@H]1n1cnc2c(N)ncnc21. The van der Waals surface area contributed by atoms with Gasteiger partial charge in [0.2, 0.25) is 5.91 Å². The number of hydrogen-bond acceptors (Lipinski definition) is 8. The van der Waals surface area contributed by atoms with Crippen molar-refractivity contribution in [3.05, 3.63) is 12.7 Å². The molecule has 3 heterocycles. The molecular formula is C13H18N6O4. The number of aliphatic hydroxyl groups is 2. The molecule has 4 N–H and O–H groups in total. The van der Waals surface area contributed by atoms with E-state index in [1.54, 1.807) is 11.6 Å². The van der Waals surface area contributed by atoms with Crippen LogP contribution in [-0.2, 0) is 9.53 Å². The van der Waals surface area contributed by atoms with Gasteiger partial charge in [0.25, 0.3) is 0 Å². The summed E-state index contributed by atoms with van der Waals surface area (Å²) in [5.74, 6) is -0.0118. The van der Waals surface area contributed by atoms with Crippen molar-refractivity contribution in [2.45, 2.75) is 31.4 Å². The van der Waals surface area contributed by atoms with Gasteiger partial charge >= 0.3 is 0 Å². The highest BCUT2D eigenvalue weighted by Crippen LogP contribution is 2.34. The van der Waals surface area contributed by atoms with Crippen LogP contribution in [-0.4, -0.2) is 72.4 Å². The molecule has 2 aromatic rings. The quantitative estimate of drug-likeness (QED) is 0.620. The molecular weight excluding hydrogens is 304 g/mol. The predicted octanol–water partition coefficient (Wildman–Crippen LogP) is -1.49. The lowest BCUT2D eigenvalue weighted by Gasteiger charge is -2.30. The number of nitrogens with zero attached hydrogens (tertiary/aromatic N) is 5. The number of carbonyl (C=O) groups excluding carboxylic acids is 1. The summed E-state index contributed by atoms with van der Waals surface area (Å²) in [4.78, 5) is 25.3. The number of anilines is 1. The van der Waals surface area contributed by atoms with E-state index in [2.05, 4.69) is 15.0 Å². The third-order valence-corrected chi connectivity index (χ3v) is 4.12. The van der Waals surface area contributed by atoms with Gasteiger partial charge in [-0.15, -0.1) is 0 Å². The van der Waals surface area contributed by atoms with Crippen LogP contribution in [0.3, 0.4) is 0 Å². The van der Waals surface area contributed by atoms with Crippen LogP contribution in [0.2, 0.25) is 0 Å². The minimum Gasteiger partial charge on any atom is -0.394 e. The zero-order valence-electron chi connectivity index (χ0n) is 12.7. The summed E-state index contributed by atoms with van der Waals surface area (Å²) >= 11 is 0. The van der Waals surface area contributed by atoms with E-state index < -0.39 is 24.5 Å². The van der Waals surface area contributed by atoms with E-state index in [4.69, 9.17) is 10.5 Å². The second-order valence-corrected chi connectivity index (χ2v) is 5.44. The molecule has 0 aliphatic carbocycles. The molecule has 1 fully saturated rings. The molecule has 3 unspecified atom stereocenters. The summed E-state index contributed by atoms with van der Waals surface area (Å²) in [5.41, 5.74) is 6.60. The van der Waals surface area contributed by atoms with Gasteiger partial charge in [0, 0.05) is 14.0 Å². The van der Waals surface area contributed by atoms with Crippen LogP contribution in [0.5, 0.6) is 0 Å².